The summed E-state index contributed by atoms with van der Waals surface area (Å²) in [6, 6.07) is 3.95. The second-order valence-electron chi connectivity index (χ2n) is 3.51. The zero-order valence-electron chi connectivity index (χ0n) is 8.99. The Bertz CT molecular complexity index is 399. The molecule has 1 aromatic rings. The van der Waals surface area contributed by atoms with Crippen LogP contribution >= 0.6 is 0 Å². The van der Waals surface area contributed by atoms with Gasteiger partial charge in [-0.2, -0.15) is 0 Å². The van der Waals surface area contributed by atoms with Gasteiger partial charge in [0.1, 0.15) is 0 Å². The highest BCUT2D eigenvalue weighted by molar-refractivity contribution is 5.69. The van der Waals surface area contributed by atoms with Gasteiger partial charge in [0, 0.05) is 18.0 Å². The molecule has 2 N–H and O–H groups in total. The molecule has 0 saturated heterocycles. The van der Waals surface area contributed by atoms with E-state index in [2.05, 4.69) is 12.2 Å². The summed E-state index contributed by atoms with van der Waals surface area (Å²) in [6.45, 7) is 0.590. The number of hydrogen-bond acceptors (Lipinski definition) is 3. The van der Waals surface area contributed by atoms with E-state index in [4.69, 9.17) is 15.2 Å². The van der Waals surface area contributed by atoms with Crippen LogP contribution in [0.5, 0.6) is 11.5 Å². The SMILES string of the molecule is COc1ccc2c(c1OC)C(CN)C=C2. The van der Waals surface area contributed by atoms with Crippen molar-refractivity contribution in [3.05, 3.63) is 29.3 Å². The van der Waals surface area contributed by atoms with Gasteiger partial charge in [-0.1, -0.05) is 18.2 Å². The first kappa shape index (κ1) is 10.1. The van der Waals surface area contributed by atoms with Crippen LogP contribution < -0.4 is 15.2 Å². The van der Waals surface area contributed by atoms with Crippen molar-refractivity contribution in [2.75, 3.05) is 20.8 Å². The van der Waals surface area contributed by atoms with E-state index in [1.807, 2.05) is 12.1 Å². The maximum absolute atomic E-state index is 5.72. The summed E-state index contributed by atoms with van der Waals surface area (Å²) in [5, 5.41) is 0. The van der Waals surface area contributed by atoms with Crippen molar-refractivity contribution < 1.29 is 9.47 Å². The largest absolute Gasteiger partial charge is 0.493 e. The second kappa shape index (κ2) is 3.95. The number of nitrogens with two attached hydrogens (primary N) is 1. The Kier molecular flexibility index (Phi) is 2.64. The molecule has 1 unspecified atom stereocenters. The third kappa shape index (κ3) is 1.49. The first-order valence-corrected chi connectivity index (χ1v) is 4.95. The highest BCUT2D eigenvalue weighted by atomic mass is 16.5. The Morgan fingerprint density at radius 3 is 2.67 bits per heavy atom. The predicted octanol–water partition coefficient (Wildman–Crippen LogP) is 1.77. The third-order valence-corrected chi connectivity index (χ3v) is 2.75. The van der Waals surface area contributed by atoms with Gasteiger partial charge >= 0.3 is 0 Å². The quantitative estimate of drug-likeness (QED) is 0.818. The number of benzene rings is 1. The van der Waals surface area contributed by atoms with Crippen LogP contribution in [0.25, 0.3) is 6.08 Å². The lowest BCUT2D eigenvalue weighted by Gasteiger charge is -2.16. The van der Waals surface area contributed by atoms with Gasteiger partial charge in [-0.05, 0) is 11.6 Å². The molecule has 0 fully saturated rings. The van der Waals surface area contributed by atoms with Crippen molar-refractivity contribution in [2.24, 2.45) is 5.73 Å². The highest BCUT2D eigenvalue weighted by Gasteiger charge is 2.23. The van der Waals surface area contributed by atoms with Crippen molar-refractivity contribution in [3.8, 4) is 11.5 Å². The molecule has 0 bridgehead atoms. The molecule has 0 saturated carbocycles. The maximum atomic E-state index is 5.72. The lowest BCUT2D eigenvalue weighted by Crippen LogP contribution is -2.10. The molecule has 80 valence electrons. The van der Waals surface area contributed by atoms with E-state index in [-0.39, 0.29) is 5.92 Å². The molecule has 0 spiro atoms. The van der Waals surface area contributed by atoms with E-state index >= 15 is 0 Å². The molecule has 3 heteroatoms. The van der Waals surface area contributed by atoms with Gasteiger partial charge in [0.15, 0.2) is 11.5 Å². The molecule has 0 radical (unpaired) electrons. The molecular weight excluding hydrogens is 190 g/mol. The Hall–Kier alpha value is -1.48. The number of fused-ring (bicyclic) bond motifs is 1. The summed E-state index contributed by atoms with van der Waals surface area (Å²) in [5.74, 6) is 1.80. The standard InChI is InChI=1S/C12H15NO2/c1-14-10-6-5-8-3-4-9(7-13)11(8)12(10)15-2/h3-6,9H,7,13H2,1-2H3. The molecule has 1 aromatic carbocycles. The van der Waals surface area contributed by atoms with Gasteiger partial charge in [0.2, 0.25) is 0 Å². The van der Waals surface area contributed by atoms with E-state index in [1.54, 1.807) is 14.2 Å². The summed E-state index contributed by atoms with van der Waals surface area (Å²) in [4.78, 5) is 0. The smallest absolute Gasteiger partial charge is 0.165 e. The summed E-state index contributed by atoms with van der Waals surface area (Å²) < 4.78 is 10.7. The van der Waals surface area contributed by atoms with Crippen molar-refractivity contribution >= 4 is 6.08 Å². The van der Waals surface area contributed by atoms with E-state index in [9.17, 15) is 0 Å². The zero-order valence-corrected chi connectivity index (χ0v) is 8.99. The molecule has 0 amide bonds. The van der Waals surface area contributed by atoms with E-state index in [1.165, 1.54) is 5.56 Å². The summed E-state index contributed by atoms with van der Waals surface area (Å²) in [7, 11) is 3.30. The number of ether oxygens (including phenoxy) is 2. The number of hydrogen-bond donors (Lipinski definition) is 1. The first-order valence-electron chi connectivity index (χ1n) is 4.95. The number of rotatable bonds is 3. The fraction of sp³-hybridized carbons (Fsp3) is 0.333. The fourth-order valence-electron chi connectivity index (χ4n) is 2.01. The van der Waals surface area contributed by atoms with Crippen LogP contribution in [-0.2, 0) is 0 Å². The van der Waals surface area contributed by atoms with Crippen LogP contribution in [0.3, 0.4) is 0 Å². The van der Waals surface area contributed by atoms with E-state index < -0.39 is 0 Å². The van der Waals surface area contributed by atoms with Crippen LogP contribution in [0.2, 0.25) is 0 Å². The minimum atomic E-state index is 0.241. The van der Waals surface area contributed by atoms with Crippen LogP contribution in [0.4, 0.5) is 0 Å². The molecule has 1 aliphatic carbocycles. The molecule has 3 nitrogen and oxygen atoms in total. The average molecular weight is 205 g/mol. The first-order chi connectivity index (χ1) is 7.31. The Labute approximate surface area is 89.5 Å². The van der Waals surface area contributed by atoms with Gasteiger partial charge in [-0.3, -0.25) is 0 Å². The van der Waals surface area contributed by atoms with Crippen LogP contribution in [0, 0.1) is 0 Å². The summed E-state index contributed by atoms with van der Waals surface area (Å²) in [6.07, 6.45) is 4.18. The van der Waals surface area contributed by atoms with Gasteiger partial charge in [-0.25, -0.2) is 0 Å². The average Bonchev–Trinajstić information content (AvgIpc) is 2.70. The van der Waals surface area contributed by atoms with Gasteiger partial charge in [0.05, 0.1) is 14.2 Å². The van der Waals surface area contributed by atoms with E-state index in [0.29, 0.717) is 6.54 Å². The zero-order chi connectivity index (χ0) is 10.8. The topological polar surface area (TPSA) is 44.5 Å². The van der Waals surface area contributed by atoms with E-state index in [0.717, 1.165) is 17.1 Å². The van der Waals surface area contributed by atoms with Crippen molar-refractivity contribution in [3.63, 3.8) is 0 Å². The summed E-state index contributed by atoms with van der Waals surface area (Å²) in [5.41, 5.74) is 8.02. The highest BCUT2D eigenvalue weighted by Crippen LogP contribution is 2.42. The third-order valence-electron chi connectivity index (χ3n) is 2.75. The Morgan fingerprint density at radius 1 is 1.27 bits per heavy atom. The minimum absolute atomic E-state index is 0.241. The van der Waals surface area contributed by atoms with Crippen molar-refractivity contribution in [2.45, 2.75) is 5.92 Å². The lowest BCUT2D eigenvalue weighted by molar-refractivity contribution is 0.351. The van der Waals surface area contributed by atoms with Crippen LogP contribution in [0.15, 0.2) is 18.2 Å². The molecule has 0 aliphatic heterocycles. The molecule has 0 aromatic heterocycles. The predicted molar refractivity (Wildman–Crippen MR) is 60.4 cm³/mol. The van der Waals surface area contributed by atoms with Crippen LogP contribution in [0.1, 0.15) is 17.0 Å². The number of methoxy groups -OCH3 is 2. The fourth-order valence-corrected chi connectivity index (χ4v) is 2.01. The molecule has 2 rings (SSSR count). The second-order valence-corrected chi connectivity index (χ2v) is 3.51. The van der Waals surface area contributed by atoms with Gasteiger partial charge in [0.25, 0.3) is 0 Å². The molecule has 0 heterocycles. The summed E-state index contributed by atoms with van der Waals surface area (Å²) >= 11 is 0. The molecule has 1 atom stereocenters. The molecule has 1 aliphatic rings. The normalized spacial score (nSPS) is 17.7. The van der Waals surface area contributed by atoms with Crippen LogP contribution in [-0.4, -0.2) is 20.8 Å². The Balaban J connectivity index is 2.56. The molecular formula is C12H15NO2. The Morgan fingerprint density at radius 2 is 2.07 bits per heavy atom. The maximum Gasteiger partial charge on any atom is 0.165 e. The van der Waals surface area contributed by atoms with Gasteiger partial charge in [-0.15, -0.1) is 0 Å². The lowest BCUT2D eigenvalue weighted by atomic mass is 9.99. The van der Waals surface area contributed by atoms with Crippen molar-refractivity contribution in [1.82, 2.24) is 0 Å². The minimum Gasteiger partial charge on any atom is -0.493 e. The monoisotopic (exact) mass is 205 g/mol. The molecule has 15 heavy (non-hydrogen) atoms. The van der Waals surface area contributed by atoms with Crippen molar-refractivity contribution in [1.29, 1.82) is 0 Å². The van der Waals surface area contributed by atoms with Gasteiger partial charge < -0.3 is 15.2 Å².